The summed E-state index contributed by atoms with van der Waals surface area (Å²) in [4.78, 5) is 15.6. The molecule has 0 saturated carbocycles. The Morgan fingerprint density at radius 1 is 1.33 bits per heavy atom. The van der Waals surface area contributed by atoms with E-state index in [-0.39, 0.29) is 5.91 Å². The number of piperidine rings is 1. The Hall–Kier alpha value is -0.610. The molecule has 0 aromatic carbocycles. The number of amides is 1. The van der Waals surface area contributed by atoms with E-state index in [9.17, 15) is 4.79 Å². The molecule has 1 N–H and O–H groups in total. The second kappa shape index (κ2) is 6.08. The number of hydrogen-bond acceptors (Lipinski definition) is 3. The summed E-state index contributed by atoms with van der Waals surface area (Å²) in [5.41, 5.74) is 0. The molecule has 15 heavy (non-hydrogen) atoms. The Morgan fingerprint density at radius 3 is 2.40 bits per heavy atom. The van der Waals surface area contributed by atoms with Gasteiger partial charge in [-0.1, -0.05) is 6.92 Å². The van der Waals surface area contributed by atoms with Gasteiger partial charge in [-0.2, -0.15) is 0 Å². The number of hydrogen-bond donors (Lipinski definition) is 1. The third kappa shape index (κ3) is 3.80. The molecule has 0 aromatic rings. The van der Waals surface area contributed by atoms with Gasteiger partial charge in [-0.05, 0) is 32.5 Å². The lowest BCUT2D eigenvalue weighted by atomic mass is 10.0. The third-order valence-corrected chi connectivity index (χ3v) is 3.07. The largest absolute Gasteiger partial charge is 0.348 e. The van der Waals surface area contributed by atoms with Crippen LogP contribution >= 0.6 is 0 Å². The zero-order valence-electron chi connectivity index (χ0n) is 10.1. The molecule has 1 fully saturated rings. The van der Waals surface area contributed by atoms with Gasteiger partial charge in [0.05, 0.1) is 6.54 Å². The molecule has 1 amide bonds. The molecule has 1 aliphatic rings. The summed E-state index contributed by atoms with van der Waals surface area (Å²) in [6, 6.07) is 0.583. The van der Waals surface area contributed by atoms with E-state index in [0.717, 1.165) is 32.5 Å². The van der Waals surface area contributed by atoms with Gasteiger partial charge in [0.25, 0.3) is 0 Å². The molecule has 0 atom stereocenters. The Kier molecular flexibility index (Phi) is 5.05. The molecule has 88 valence electrons. The molecule has 1 saturated heterocycles. The van der Waals surface area contributed by atoms with Crippen molar-refractivity contribution in [3.8, 4) is 0 Å². The first-order chi connectivity index (χ1) is 7.15. The maximum absolute atomic E-state index is 11.6. The van der Waals surface area contributed by atoms with Crippen LogP contribution in [-0.4, -0.2) is 62.0 Å². The van der Waals surface area contributed by atoms with Gasteiger partial charge < -0.3 is 10.2 Å². The summed E-state index contributed by atoms with van der Waals surface area (Å²) in [6.45, 7) is 5.82. The van der Waals surface area contributed by atoms with Crippen LogP contribution in [0.5, 0.6) is 0 Å². The lowest BCUT2D eigenvalue weighted by Crippen LogP contribution is -2.47. The van der Waals surface area contributed by atoms with Crippen LogP contribution in [0.4, 0.5) is 0 Å². The van der Waals surface area contributed by atoms with Gasteiger partial charge >= 0.3 is 0 Å². The molecule has 1 heterocycles. The molecular formula is C11H23N3O. The minimum absolute atomic E-state index is 0.204. The smallest absolute Gasteiger partial charge is 0.236 e. The minimum Gasteiger partial charge on any atom is -0.348 e. The fourth-order valence-corrected chi connectivity index (χ4v) is 1.99. The first kappa shape index (κ1) is 12.5. The zero-order chi connectivity index (χ0) is 11.3. The summed E-state index contributed by atoms with van der Waals surface area (Å²) in [5.74, 6) is 0.204. The summed E-state index contributed by atoms with van der Waals surface area (Å²) < 4.78 is 0. The van der Waals surface area contributed by atoms with E-state index in [0.29, 0.717) is 12.6 Å². The lowest BCUT2D eigenvalue weighted by molar-refractivity contribution is -0.130. The predicted molar refractivity (Wildman–Crippen MR) is 61.8 cm³/mol. The molecule has 4 nitrogen and oxygen atoms in total. The molecule has 0 bridgehead atoms. The van der Waals surface area contributed by atoms with Gasteiger partial charge in [-0.15, -0.1) is 0 Å². The van der Waals surface area contributed by atoms with Crippen molar-refractivity contribution < 1.29 is 4.79 Å². The van der Waals surface area contributed by atoms with Crippen molar-refractivity contribution in [2.24, 2.45) is 0 Å². The summed E-state index contributed by atoms with van der Waals surface area (Å²) >= 11 is 0. The molecule has 0 radical (unpaired) electrons. The molecule has 0 aliphatic carbocycles. The predicted octanol–water partition coefficient (Wildman–Crippen LogP) is 0.149. The Morgan fingerprint density at radius 2 is 1.93 bits per heavy atom. The quantitative estimate of drug-likeness (QED) is 0.722. The number of nitrogens with one attached hydrogen (secondary N) is 1. The van der Waals surface area contributed by atoms with Crippen LogP contribution in [0.15, 0.2) is 0 Å². The van der Waals surface area contributed by atoms with E-state index in [2.05, 4.69) is 17.1 Å². The molecular weight excluding hydrogens is 190 g/mol. The topological polar surface area (TPSA) is 35.6 Å². The van der Waals surface area contributed by atoms with Crippen molar-refractivity contribution in [2.45, 2.75) is 25.8 Å². The molecule has 4 heteroatoms. The number of likely N-dealkylation sites (N-methyl/N-ethyl adjacent to an activating group) is 2. The maximum Gasteiger partial charge on any atom is 0.236 e. The van der Waals surface area contributed by atoms with Crippen LogP contribution in [0.2, 0.25) is 0 Å². The van der Waals surface area contributed by atoms with Crippen molar-refractivity contribution in [3.63, 3.8) is 0 Å². The van der Waals surface area contributed by atoms with Gasteiger partial charge in [-0.3, -0.25) is 9.69 Å². The normalized spacial score (nSPS) is 18.1. The minimum atomic E-state index is 0.204. The number of carbonyl (C=O) groups excluding carboxylic acids is 1. The number of rotatable bonds is 4. The van der Waals surface area contributed by atoms with Gasteiger partial charge in [0, 0.05) is 20.1 Å². The van der Waals surface area contributed by atoms with E-state index in [1.165, 1.54) is 0 Å². The molecule has 1 rings (SSSR count). The van der Waals surface area contributed by atoms with Crippen LogP contribution in [0.25, 0.3) is 0 Å². The third-order valence-electron chi connectivity index (χ3n) is 3.07. The van der Waals surface area contributed by atoms with Crippen LogP contribution in [0.3, 0.4) is 0 Å². The van der Waals surface area contributed by atoms with Crippen molar-refractivity contribution in [1.29, 1.82) is 0 Å². The van der Waals surface area contributed by atoms with Gasteiger partial charge in [0.1, 0.15) is 0 Å². The Labute approximate surface area is 92.6 Å². The first-order valence-corrected chi connectivity index (χ1v) is 5.80. The van der Waals surface area contributed by atoms with Crippen LogP contribution in [0.1, 0.15) is 19.8 Å². The van der Waals surface area contributed by atoms with Crippen molar-refractivity contribution >= 4 is 5.91 Å². The molecule has 0 aromatic heterocycles. The van der Waals surface area contributed by atoms with E-state index in [1.807, 2.05) is 14.1 Å². The maximum atomic E-state index is 11.6. The van der Waals surface area contributed by atoms with Gasteiger partial charge in [0.2, 0.25) is 5.91 Å². The van der Waals surface area contributed by atoms with Gasteiger partial charge in [-0.25, -0.2) is 0 Å². The highest BCUT2D eigenvalue weighted by Crippen LogP contribution is 2.11. The second-order valence-electron chi connectivity index (χ2n) is 4.33. The molecule has 0 unspecified atom stereocenters. The highest BCUT2D eigenvalue weighted by Gasteiger charge is 2.21. The highest BCUT2D eigenvalue weighted by atomic mass is 16.2. The second-order valence-corrected chi connectivity index (χ2v) is 4.33. The summed E-state index contributed by atoms with van der Waals surface area (Å²) in [6.07, 6.45) is 2.32. The standard InChI is InChI=1S/C11H23N3O/c1-4-14(9-11(15)13(2)3)10-5-7-12-8-6-10/h10,12H,4-9H2,1-3H3. The van der Waals surface area contributed by atoms with Crippen LogP contribution < -0.4 is 5.32 Å². The van der Waals surface area contributed by atoms with E-state index < -0.39 is 0 Å². The average molecular weight is 213 g/mol. The Balaban J connectivity index is 2.43. The fourth-order valence-electron chi connectivity index (χ4n) is 1.99. The number of carbonyl (C=O) groups is 1. The monoisotopic (exact) mass is 213 g/mol. The zero-order valence-corrected chi connectivity index (χ0v) is 10.1. The fraction of sp³-hybridized carbons (Fsp3) is 0.909. The van der Waals surface area contributed by atoms with Crippen LogP contribution in [0, 0.1) is 0 Å². The first-order valence-electron chi connectivity index (χ1n) is 5.80. The summed E-state index contributed by atoms with van der Waals surface area (Å²) in [7, 11) is 3.64. The highest BCUT2D eigenvalue weighted by molar-refractivity contribution is 5.77. The van der Waals surface area contributed by atoms with E-state index in [4.69, 9.17) is 0 Å². The van der Waals surface area contributed by atoms with Crippen molar-refractivity contribution in [3.05, 3.63) is 0 Å². The molecule has 0 spiro atoms. The van der Waals surface area contributed by atoms with E-state index in [1.54, 1.807) is 4.90 Å². The SMILES string of the molecule is CCN(CC(=O)N(C)C)C1CCNCC1. The van der Waals surface area contributed by atoms with Crippen molar-refractivity contribution in [2.75, 3.05) is 40.3 Å². The van der Waals surface area contributed by atoms with Crippen LogP contribution in [-0.2, 0) is 4.79 Å². The average Bonchev–Trinajstić information content (AvgIpc) is 2.26. The lowest BCUT2D eigenvalue weighted by Gasteiger charge is -2.33. The number of nitrogens with zero attached hydrogens (tertiary/aromatic N) is 2. The summed E-state index contributed by atoms with van der Waals surface area (Å²) in [5, 5.41) is 3.35. The van der Waals surface area contributed by atoms with E-state index >= 15 is 0 Å². The van der Waals surface area contributed by atoms with Gasteiger partial charge in [0.15, 0.2) is 0 Å². The Bertz CT molecular complexity index is 200. The molecule has 1 aliphatic heterocycles. The van der Waals surface area contributed by atoms with Crippen molar-refractivity contribution in [1.82, 2.24) is 15.1 Å².